The molecular formula is C13H20N2O2. The summed E-state index contributed by atoms with van der Waals surface area (Å²) in [7, 11) is 0. The molecule has 2 atom stereocenters. The molecule has 3 heterocycles. The third-order valence-corrected chi connectivity index (χ3v) is 3.87. The van der Waals surface area contributed by atoms with Crippen LogP contribution in [0, 0.1) is 0 Å². The second-order valence-corrected chi connectivity index (χ2v) is 5.25. The van der Waals surface area contributed by atoms with E-state index < -0.39 is 0 Å². The molecule has 0 bridgehead atoms. The Labute approximate surface area is 102 Å². The van der Waals surface area contributed by atoms with E-state index in [1.54, 1.807) is 0 Å². The highest BCUT2D eigenvalue weighted by atomic mass is 16.5. The molecule has 2 unspecified atom stereocenters. The molecule has 4 heteroatoms. The lowest BCUT2D eigenvalue weighted by Gasteiger charge is -2.22. The minimum Gasteiger partial charge on any atom is -0.441 e. The fourth-order valence-electron chi connectivity index (χ4n) is 2.73. The van der Waals surface area contributed by atoms with Crippen LogP contribution in [0.3, 0.4) is 0 Å². The smallest absolute Gasteiger partial charge is 0.211 e. The number of ether oxygens (including phenoxy) is 1. The van der Waals surface area contributed by atoms with Gasteiger partial charge in [0.05, 0.1) is 12.2 Å². The summed E-state index contributed by atoms with van der Waals surface area (Å²) in [5, 5.41) is 3.45. The number of aromatic nitrogens is 1. The summed E-state index contributed by atoms with van der Waals surface area (Å²) in [4.78, 5) is 4.42. The minimum absolute atomic E-state index is 0.250. The van der Waals surface area contributed by atoms with E-state index in [4.69, 9.17) is 9.15 Å². The summed E-state index contributed by atoms with van der Waals surface area (Å²) in [6.45, 7) is 3.99. The van der Waals surface area contributed by atoms with Crippen LogP contribution < -0.4 is 5.32 Å². The van der Waals surface area contributed by atoms with Crippen LogP contribution in [0.15, 0.2) is 10.6 Å². The molecule has 1 aromatic heterocycles. The maximum absolute atomic E-state index is 5.91. The van der Waals surface area contributed by atoms with Crippen molar-refractivity contribution in [1.29, 1.82) is 0 Å². The van der Waals surface area contributed by atoms with Crippen LogP contribution in [0.4, 0.5) is 0 Å². The van der Waals surface area contributed by atoms with Crippen molar-refractivity contribution in [1.82, 2.24) is 10.3 Å². The van der Waals surface area contributed by atoms with Crippen LogP contribution >= 0.6 is 0 Å². The van der Waals surface area contributed by atoms with Gasteiger partial charge < -0.3 is 14.5 Å². The number of rotatable bonds is 2. The molecule has 94 valence electrons. The van der Waals surface area contributed by atoms with Crippen molar-refractivity contribution in [2.24, 2.45) is 0 Å². The minimum atomic E-state index is -0.250. The van der Waals surface area contributed by atoms with Gasteiger partial charge in [-0.2, -0.15) is 0 Å². The van der Waals surface area contributed by atoms with Crippen LogP contribution in [0.1, 0.15) is 56.7 Å². The summed E-state index contributed by atoms with van der Waals surface area (Å²) >= 11 is 0. The predicted molar refractivity (Wildman–Crippen MR) is 63.6 cm³/mol. The molecule has 3 rings (SSSR count). The fraction of sp³-hybridized carbons (Fsp3) is 0.769. The van der Waals surface area contributed by atoms with Crippen molar-refractivity contribution in [3.8, 4) is 0 Å². The molecule has 0 amide bonds. The van der Waals surface area contributed by atoms with Crippen molar-refractivity contribution >= 4 is 0 Å². The maximum atomic E-state index is 5.91. The zero-order valence-electron chi connectivity index (χ0n) is 10.4. The second kappa shape index (κ2) is 4.42. The molecule has 2 saturated heterocycles. The Kier molecular flexibility index (Phi) is 2.92. The van der Waals surface area contributed by atoms with Gasteiger partial charge in [0.25, 0.3) is 0 Å². The van der Waals surface area contributed by atoms with Crippen LogP contribution in [0.2, 0.25) is 0 Å². The highest BCUT2D eigenvalue weighted by Gasteiger charge is 2.36. The Balaban J connectivity index is 1.77. The third kappa shape index (κ3) is 2.11. The lowest BCUT2D eigenvalue weighted by molar-refractivity contribution is -0.00218. The number of hydrogen-bond donors (Lipinski definition) is 1. The topological polar surface area (TPSA) is 47.3 Å². The zero-order valence-corrected chi connectivity index (χ0v) is 10.4. The van der Waals surface area contributed by atoms with Gasteiger partial charge >= 0.3 is 0 Å². The van der Waals surface area contributed by atoms with Crippen LogP contribution in [-0.2, 0) is 10.3 Å². The Morgan fingerprint density at radius 1 is 1.41 bits per heavy atom. The summed E-state index contributed by atoms with van der Waals surface area (Å²) in [5.41, 5.74) is -0.250. The molecule has 0 aliphatic carbocycles. The number of hydrogen-bond acceptors (Lipinski definition) is 4. The van der Waals surface area contributed by atoms with Gasteiger partial charge in [0.2, 0.25) is 5.89 Å². The SMILES string of the molecule is CC1(c2cnc(C3CCCCN3)o2)CCCO1. The van der Waals surface area contributed by atoms with E-state index in [9.17, 15) is 0 Å². The van der Waals surface area contributed by atoms with Crippen LogP contribution in [-0.4, -0.2) is 18.1 Å². The highest BCUT2D eigenvalue weighted by Crippen LogP contribution is 2.36. The van der Waals surface area contributed by atoms with E-state index in [1.165, 1.54) is 12.8 Å². The Bertz CT molecular complexity index is 377. The van der Waals surface area contributed by atoms with E-state index in [1.807, 2.05) is 6.20 Å². The molecule has 0 radical (unpaired) electrons. The average Bonchev–Trinajstić information content (AvgIpc) is 2.99. The zero-order chi connectivity index (χ0) is 11.7. The van der Waals surface area contributed by atoms with E-state index in [-0.39, 0.29) is 5.60 Å². The number of oxazole rings is 1. The van der Waals surface area contributed by atoms with Gasteiger partial charge in [-0.1, -0.05) is 6.42 Å². The van der Waals surface area contributed by atoms with Crippen LogP contribution in [0.5, 0.6) is 0 Å². The van der Waals surface area contributed by atoms with Gasteiger partial charge in [-0.3, -0.25) is 0 Å². The van der Waals surface area contributed by atoms with Gasteiger partial charge in [0.1, 0.15) is 5.60 Å². The molecule has 1 aromatic rings. The third-order valence-electron chi connectivity index (χ3n) is 3.87. The average molecular weight is 236 g/mol. The number of nitrogens with zero attached hydrogens (tertiary/aromatic N) is 1. The second-order valence-electron chi connectivity index (χ2n) is 5.25. The Morgan fingerprint density at radius 2 is 2.35 bits per heavy atom. The molecule has 0 spiro atoms. The van der Waals surface area contributed by atoms with Crippen LogP contribution in [0.25, 0.3) is 0 Å². The van der Waals surface area contributed by atoms with Crippen molar-refractivity contribution in [2.45, 2.75) is 50.7 Å². The van der Waals surface area contributed by atoms with Gasteiger partial charge in [-0.05, 0) is 39.2 Å². The first-order valence-electron chi connectivity index (χ1n) is 6.61. The lowest BCUT2D eigenvalue weighted by Crippen LogP contribution is -2.27. The molecule has 0 aromatic carbocycles. The Morgan fingerprint density at radius 3 is 3.06 bits per heavy atom. The molecule has 2 aliphatic rings. The molecule has 2 aliphatic heterocycles. The number of nitrogens with one attached hydrogen (secondary N) is 1. The van der Waals surface area contributed by atoms with E-state index in [2.05, 4.69) is 17.2 Å². The molecule has 4 nitrogen and oxygen atoms in total. The van der Waals surface area contributed by atoms with E-state index in [0.717, 1.165) is 44.1 Å². The molecule has 1 N–H and O–H groups in total. The molecule has 0 saturated carbocycles. The molecule has 17 heavy (non-hydrogen) atoms. The predicted octanol–water partition coefficient (Wildman–Crippen LogP) is 2.51. The van der Waals surface area contributed by atoms with E-state index in [0.29, 0.717) is 6.04 Å². The summed E-state index contributed by atoms with van der Waals surface area (Å²) in [6, 6.07) is 0.294. The standard InChI is InChI=1S/C13H20N2O2/c1-13(6-4-8-16-13)11-9-15-12(17-11)10-5-2-3-7-14-10/h9-10,14H,2-8H2,1H3. The first-order valence-corrected chi connectivity index (χ1v) is 6.61. The largest absolute Gasteiger partial charge is 0.441 e. The van der Waals surface area contributed by atoms with E-state index >= 15 is 0 Å². The Hall–Kier alpha value is -0.870. The van der Waals surface area contributed by atoms with Crippen molar-refractivity contribution in [2.75, 3.05) is 13.2 Å². The van der Waals surface area contributed by atoms with Crippen molar-refractivity contribution in [3.63, 3.8) is 0 Å². The quantitative estimate of drug-likeness (QED) is 0.857. The molecule has 2 fully saturated rings. The summed E-state index contributed by atoms with van der Waals surface area (Å²) in [6.07, 6.45) is 7.61. The van der Waals surface area contributed by atoms with Crippen molar-refractivity contribution < 1.29 is 9.15 Å². The summed E-state index contributed by atoms with van der Waals surface area (Å²) in [5.74, 6) is 1.72. The first kappa shape index (κ1) is 11.2. The van der Waals surface area contributed by atoms with Gasteiger partial charge in [0, 0.05) is 6.61 Å². The van der Waals surface area contributed by atoms with Crippen molar-refractivity contribution in [3.05, 3.63) is 17.8 Å². The summed E-state index contributed by atoms with van der Waals surface area (Å²) < 4.78 is 11.7. The number of piperidine rings is 1. The fourth-order valence-corrected chi connectivity index (χ4v) is 2.73. The normalized spacial score (nSPS) is 34.1. The first-order chi connectivity index (χ1) is 8.28. The molecular weight excluding hydrogens is 216 g/mol. The monoisotopic (exact) mass is 236 g/mol. The maximum Gasteiger partial charge on any atom is 0.211 e. The van der Waals surface area contributed by atoms with Gasteiger partial charge in [-0.15, -0.1) is 0 Å². The van der Waals surface area contributed by atoms with Gasteiger partial charge in [0.15, 0.2) is 5.76 Å². The highest BCUT2D eigenvalue weighted by molar-refractivity contribution is 5.08. The lowest BCUT2D eigenvalue weighted by atomic mass is 10.0. The van der Waals surface area contributed by atoms with Gasteiger partial charge in [-0.25, -0.2) is 4.98 Å².